The Bertz CT molecular complexity index is 698. The molecule has 1 aromatic heterocycles. The zero-order valence-corrected chi connectivity index (χ0v) is 13.9. The molecule has 2 N–H and O–H groups in total. The SMILES string of the molecule is Cc1cn[nH]c1C1CCCCN1Cc1ccccc1OCC(=O)O. The number of hydrogen-bond acceptors (Lipinski definition) is 4. The zero-order chi connectivity index (χ0) is 16.9. The first-order valence-corrected chi connectivity index (χ1v) is 8.31. The molecule has 0 radical (unpaired) electrons. The van der Waals surface area contributed by atoms with E-state index in [0.717, 1.165) is 25.1 Å². The Morgan fingerprint density at radius 1 is 1.42 bits per heavy atom. The summed E-state index contributed by atoms with van der Waals surface area (Å²) in [5.74, 6) is -0.320. The maximum atomic E-state index is 10.8. The number of aliphatic carboxylic acids is 1. The number of rotatable bonds is 6. The third-order valence-corrected chi connectivity index (χ3v) is 4.51. The average molecular weight is 329 g/mol. The van der Waals surface area contributed by atoms with Crippen molar-refractivity contribution in [1.29, 1.82) is 0 Å². The number of piperidine rings is 1. The zero-order valence-electron chi connectivity index (χ0n) is 13.9. The molecule has 2 aromatic rings. The second-order valence-electron chi connectivity index (χ2n) is 6.24. The number of likely N-dealkylation sites (tertiary alicyclic amines) is 1. The van der Waals surface area contributed by atoms with Gasteiger partial charge in [0.15, 0.2) is 6.61 Å². The van der Waals surface area contributed by atoms with Gasteiger partial charge in [-0.25, -0.2) is 4.79 Å². The highest BCUT2D eigenvalue weighted by Crippen LogP contribution is 2.33. The number of aromatic amines is 1. The summed E-state index contributed by atoms with van der Waals surface area (Å²) in [6.07, 6.45) is 5.34. The molecule has 1 unspecified atom stereocenters. The van der Waals surface area contributed by atoms with E-state index >= 15 is 0 Å². The van der Waals surface area contributed by atoms with E-state index in [9.17, 15) is 4.79 Å². The summed E-state index contributed by atoms with van der Waals surface area (Å²) < 4.78 is 5.44. The van der Waals surface area contributed by atoms with Gasteiger partial charge in [0.05, 0.1) is 17.9 Å². The molecule has 1 atom stereocenters. The first kappa shape index (κ1) is 16.5. The standard InChI is InChI=1S/C18H23N3O3/c1-13-10-19-20-18(13)15-7-4-5-9-21(15)11-14-6-2-3-8-16(14)24-12-17(22)23/h2-3,6,8,10,15H,4-5,7,9,11-12H2,1H3,(H,19,20)(H,22,23). The Morgan fingerprint density at radius 3 is 3.00 bits per heavy atom. The van der Waals surface area contributed by atoms with E-state index < -0.39 is 5.97 Å². The van der Waals surface area contributed by atoms with Gasteiger partial charge in [0.2, 0.25) is 0 Å². The molecule has 1 aliphatic heterocycles. The van der Waals surface area contributed by atoms with Crippen molar-refractivity contribution in [2.75, 3.05) is 13.2 Å². The van der Waals surface area contributed by atoms with Crippen molar-refractivity contribution in [3.63, 3.8) is 0 Å². The minimum atomic E-state index is -0.964. The van der Waals surface area contributed by atoms with E-state index in [1.807, 2.05) is 30.5 Å². The Balaban J connectivity index is 1.78. The topological polar surface area (TPSA) is 78.5 Å². The fraction of sp³-hybridized carbons (Fsp3) is 0.444. The number of nitrogens with zero attached hydrogens (tertiary/aromatic N) is 2. The molecule has 1 fully saturated rings. The number of benzene rings is 1. The third kappa shape index (κ3) is 3.76. The average Bonchev–Trinajstić information content (AvgIpc) is 3.00. The van der Waals surface area contributed by atoms with Crippen molar-refractivity contribution in [2.45, 2.75) is 38.8 Å². The maximum Gasteiger partial charge on any atom is 0.341 e. The van der Waals surface area contributed by atoms with Crippen LogP contribution in [0.1, 0.15) is 42.1 Å². The summed E-state index contributed by atoms with van der Waals surface area (Å²) in [5, 5.41) is 16.1. The maximum absolute atomic E-state index is 10.8. The van der Waals surface area contributed by atoms with Gasteiger partial charge in [-0.05, 0) is 37.9 Å². The molecule has 0 bridgehead atoms. The first-order valence-electron chi connectivity index (χ1n) is 8.31. The second kappa shape index (κ2) is 7.49. The molecular formula is C18H23N3O3. The number of carboxylic acids is 1. The monoisotopic (exact) mass is 329 g/mol. The molecule has 1 aliphatic rings. The van der Waals surface area contributed by atoms with Crippen LogP contribution in [0.15, 0.2) is 30.5 Å². The van der Waals surface area contributed by atoms with E-state index in [0.29, 0.717) is 11.8 Å². The van der Waals surface area contributed by atoms with Crippen molar-refractivity contribution >= 4 is 5.97 Å². The summed E-state index contributed by atoms with van der Waals surface area (Å²) in [6.45, 7) is 3.50. The molecule has 0 spiro atoms. The second-order valence-corrected chi connectivity index (χ2v) is 6.24. The van der Waals surface area contributed by atoms with Gasteiger partial charge in [0.25, 0.3) is 0 Å². The number of aromatic nitrogens is 2. The van der Waals surface area contributed by atoms with Crippen LogP contribution in [0.2, 0.25) is 0 Å². The number of H-pyrrole nitrogens is 1. The molecule has 24 heavy (non-hydrogen) atoms. The van der Waals surface area contributed by atoms with Crippen LogP contribution in [-0.2, 0) is 11.3 Å². The van der Waals surface area contributed by atoms with Crippen LogP contribution in [0, 0.1) is 6.92 Å². The summed E-state index contributed by atoms with van der Waals surface area (Å²) >= 11 is 0. The highest BCUT2D eigenvalue weighted by molar-refractivity contribution is 5.68. The van der Waals surface area contributed by atoms with Gasteiger partial charge in [-0.15, -0.1) is 0 Å². The lowest BCUT2D eigenvalue weighted by Gasteiger charge is -2.35. The third-order valence-electron chi connectivity index (χ3n) is 4.51. The minimum absolute atomic E-state index is 0.314. The number of carboxylic acid groups (broad SMARTS) is 1. The van der Waals surface area contributed by atoms with Crippen LogP contribution in [0.3, 0.4) is 0 Å². The van der Waals surface area contributed by atoms with E-state index in [1.165, 1.54) is 24.1 Å². The van der Waals surface area contributed by atoms with E-state index in [2.05, 4.69) is 22.0 Å². The number of ether oxygens (including phenoxy) is 1. The van der Waals surface area contributed by atoms with E-state index in [4.69, 9.17) is 9.84 Å². The van der Waals surface area contributed by atoms with Gasteiger partial charge in [-0.2, -0.15) is 5.10 Å². The molecule has 128 valence electrons. The molecule has 6 nitrogen and oxygen atoms in total. The Labute approximate surface area is 141 Å². The summed E-state index contributed by atoms with van der Waals surface area (Å²) in [4.78, 5) is 13.2. The van der Waals surface area contributed by atoms with E-state index in [1.54, 1.807) is 0 Å². The summed E-state index contributed by atoms with van der Waals surface area (Å²) in [6, 6.07) is 7.98. The van der Waals surface area contributed by atoms with Gasteiger partial charge in [-0.3, -0.25) is 10.00 Å². The number of carbonyl (C=O) groups is 1. The predicted octanol–water partition coefficient (Wildman–Crippen LogP) is 2.91. The quantitative estimate of drug-likeness (QED) is 0.852. The molecule has 0 saturated carbocycles. The van der Waals surface area contributed by atoms with Crippen LogP contribution >= 0.6 is 0 Å². The lowest BCUT2D eigenvalue weighted by Crippen LogP contribution is -2.33. The number of para-hydroxylation sites is 1. The highest BCUT2D eigenvalue weighted by Gasteiger charge is 2.27. The molecule has 0 amide bonds. The molecule has 3 rings (SSSR count). The van der Waals surface area contributed by atoms with Gasteiger partial charge in [-0.1, -0.05) is 24.6 Å². The predicted molar refractivity (Wildman–Crippen MR) is 89.9 cm³/mol. The van der Waals surface area contributed by atoms with Gasteiger partial charge in [0.1, 0.15) is 5.75 Å². The van der Waals surface area contributed by atoms with Crippen molar-refractivity contribution < 1.29 is 14.6 Å². The highest BCUT2D eigenvalue weighted by atomic mass is 16.5. The number of aryl methyl sites for hydroxylation is 1. The van der Waals surface area contributed by atoms with Crippen LogP contribution < -0.4 is 4.74 Å². The van der Waals surface area contributed by atoms with Crippen molar-refractivity contribution in [2.24, 2.45) is 0 Å². The van der Waals surface area contributed by atoms with Crippen LogP contribution in [0.25, 0.3) is 0 Å². The molecule has 1 aromatic carbocycles. The van der Waals surface area contributed by atoms with Crippen molar-refractivity contribution in [1.82, 2.24) is 15.1 Å². The Kier molecular flexibility index (Phi) is 5.15. The smallest absolute Gasteiger partial charge is 0.341 e. The first-order chi connectivity index (χ1) is 11.6. The lowest BCUT2D eigenvalue weighted by atomic mass is 9.96. The van der Waals surface area contributed by atoms with Gasteiger partial charge >= 0.3 is 5.97 Å². The Hall–Kier alpha value is -2.34. The molecule has 6 heteroatoms. The van der Waals surface area contributed by atoms with E-state index in [-0.39, 0.29) is 6.61 Å². The van der Waals surface area contributed by atoms with Crippen LogP contribution in [0.5, 0.6) is 5.75 Å². The number of hydrogen-bond donors (Lipinski definition) is 2. The number of nitrogens with one attached hydrogen (secondary N) is 1. The molecule has 2 heterocycles. The van der Waals surface area contributed by atoms with Crippen molar-refractivity contribution in [3.8, 4) is 5.75 Å². The largest absolute Gasteiger partial charge is 0.482 e. The normalized spacial score (nSPS) is 18.5. The lowest BCUT2D eigenvalue weighted by molar-refractivity contribution is -0.139. The summed E-state index contributed by atoms with van der Waals surface area (Å²) in [5.41, 5.74) is 3.38. The fourth-order valence-corrected chi connectivity index (χ4v) is 3.33. The Morgan fingerprint density at radius 2 is 2.25 bits per heavy atom. The fourth-order valence-electron chi connectivity index (χ4n) is 3.33. The molecule has 1 saturated heterocycles. The minimum Gasteiger partial charge on any atom is -0.482 e. The van der Waals surface area contributed by atoms with Crippen LogP contribution in [-0.4, -0.2) is 39.3 Å². The summed E-state index contributed by atoms with van der Waals surface area (Å²) in [7, 11) is 0. The van der Waals surface area contributed by atoms with Gasteiger partial charge < -0.3 is 9.84 Å². The van der Waals surface area contributed by atoms with Gasteiger partial charge in [0, 0.05) is 12.1 Å². The van der Waals surface area contributed by atoms with Crippen molar-refractivity contribution in [3.05, 3.63) is 47.3 Å². The molecule has 0 aliphatic carbocycles. The molecular weight excluding hydrogens is 306 g/mol. The van der Waals surface area contributed by atoms with Crippen LogP contribution in [0.4, 0.5) is 0 Å².